The van der Waals surface area contributed by atoms with Gasteiger partial charge in [-0.15, -0.1) is 0 Å². The third kappa shape index (κ3) is 4.23. The van der Waals surface area contributed by atoms with Gasteiger partial charge in [-0.1, -0.05) is 24.9 Å². The molecule has 0 saturated carbocycles. The normalized spacial score (nSPS) is 14.5. The lowest BCUT2D eigenvalue weighted by Crippen LogP contribution is -2.34. The van der Waals surface area contributed by atoms with Crippen LogP contribution in [0.2, 0.25) is 0 Å². The molecule has 3 nitrogen and oxygen atoms in total. The van der Waals surface area contributed by atoms with E-state index in [2.05, 4.69) is 27.4 Å². The molecule has 1 saturated heterocycles. The van der Waals surface area contributed by atoms with E-state index in [9.17, 15) is 0 Å². The summed E-state index contributed by atoms with van der Waals surface area (Å²) in [6.07, 6.45) is 5.43. The van der Waals surface area contributed by atoms with Crippen LogP contribution in [0.3, 0.4) is 0 Å². The lowest BCUT2D eigenvalue weighted by atomic mass is 10.1. The minimum Gasteiger partial charge on any atom is -0.490 e. The Morgan fingerprint density at radius 1 is 1.32 bits per heavy atom. The maximum Gasteiger partial charge on any atom is 0.175 e. The van der Waals surface area contributed by atoms with E-state index >= 15 is 0 Å². The zero-order valence-corrected chi connectivity index (χ0v) is 15.3. The van der Waals surface area contributed by atoms with Crippen LogP contribution >= 0.6 is 28.1 Å². The molecule has 0 radical (unpaired) electrons. The van der Waals surface area contributed by atoms with Crippen LogP contribution in [0.25, 0.3) is 0 Å². The fourth-order valence-electron chi connectivity index (χ4n) is 2.52. The monoisotopic (exact) mass is 383 g/mol. The van der Waals surface area contributed by atoms with Gasteiger partial charge in [0.05, 0.1) is 11.1 Å². The summed E-state index contributed by atoms with van der Waals surface area (Å²) in [4.78, 5) is 3.16. The first-order chi connectivity index (χ1) is 10.7. The minimum atomic E-state index is 0.439. The minimum absolute atomic E-state index is 0.439. The molecule has 0 N–H and O–H groups in total. The zero-order chi connectivity index (χ0) is 15.9. The van der Waals surface area contributed by atoms with Crippen LogP contribution in [0.4, 0.5) is 0 Å². The second-order valence-corrected chi connectivity index (χ2v) is 6.41. The van der Waals surface area contributed by atoms with Crippen molar-refractivity contribution in [2.75, 3.05) is 26.3 Å². The lowest BCUT2D eigenvalue weighted by molar-refractivity contribution is 0.295. The molecular formula is C17H22BrNO2S. The fraction of sp³-hybridized carbons (Fsp3) is 0.471. The van der Waals surface area contributed by atoms with E-state index in [-0.39, 0.29) is 0 Å². The summed E-state index contributed by atoms with van der Waals surface area (Å²) in [6, 6.07) is 3.99. The summed E-state index contributed by atoms with van der Waals surface area (Å²) in [6.45, 7) is 8.73. The number of halogens is 1. The number of hydrogen-bond donors (Lipinski definition) is 0. The first-order valence-corrected chi connectivity index (χ1v) is 8.86. The van der Waals surface area contributed by atoms with Crippen molar-refractivity contribution in [2.45, 2.75) is 26.2 Å². The Labute approximate surface area is 146 Å². The topological polar surface area (TPSA) is 21.7 Å². The van der Waals surface area contributed by atoms with E-state index in [0.717, 1.165) is 28.1 Å². The van der Waals surface area contributed by atoms with Crippen molar-refractivity contribution in [3.8, 4) is 11.5 Å². The first-order valence-electron chi connectivity index (χ1n) is 7.66. The third-order valence-corrected chi connectivity index (χ3v) is 4.63. The molecule has 1 heterocycles. The summed E-state index contributed by atoms with van der Waals surface area (Å²) in [5.74, 6) is 1.42. The van der Waals surface area contributed by atoms with Gasteiger partial charge in [0.1, 0.15) is 11.6 Å². The number of hydrogen-bond acceptors (Lipinski definition) is 3. The van der Waals surface area contributed by atoms with Crippen molar-refractivity contribution in [3.63, 3.8) is 0 Å². The largest absolute Gasteiger partial charge is 0.490 e. The standard InChI is InChI=1S/C17H22BrNO2S/c1-3-10-21-16-14(18)11-13(12-15(16)20-4-2)17(22)19-8-6-5-7-9-19/h3,11-12H,1,4-10H2,2H3. The van der Waals surface area contributed by atoms with Gasteiger partial charge in [-0.05, 0) is 54.2 Å². The molecule has 1 aromatic rings. The van der Waals surface area contributed by atoms with E-state index in [1.54, 1.807) is 6.08 Å². The molecule has 1 aliphatic rings. The van der Waals surface area contributed by atoms with Crippen molar-refractivity contribution in [1.82, 2.24) is 4.90 Å². The maximum atomic E-state index is 5.73. The van der Waals surface area contributed by atoms with Crippen LogP contribution in [0.1, 0.15) is 31.7 Å². The van der Waals surface area contributed by atoms with Gasteiger partial charge < -0.3 is 14.4 Å². The van der Waals surface area contributed by atoms with E-state index in [4.69, 9.17) is 21.7 Å². The highest BCUT2D eigenvalue weighted by Gasteiger charge is 2.19. The number of thiocarbonyl (C=S) groups is 1. The Kier molecular flexibility index (Phi) is 6.70. The highest BCUT2D eigenvalue weighted by atomic mass is 79.9. The molecule has 1 fully saturated rings. The van der Waals surface area contributed by atoms with Gasteiger partial charge in [0.2, 0.25) is 0 Å². The van der Waals surface area contributed by atoms with Crippen LogP contribution in [0, 0.1) is 0 Å². The Hall–Kier alpha value is -1.07. The molecule has 0 aromatic heterocycles. The predicted molar refractivity (Wildman–Crippen MR) is 98.1 cm³/mol. The molecule has 22 heavy (non-hydrogen) atoms. The summed E-state index contributed by atoms with van der Waals surface area (Å²) < 4.78 is 12.3. The number of likely N-dealkylation sites (tertiary alicyclic amines) is 1. The van der Waals surface area contributed by atoms with Gasteiger partial charge in [0.25, 0.3) is 0 Å². The second kappa shape index (κ2) is 8.53. The van der Waals surface area contributed by atoms with Gasteiger partial charge in [-0.25, -0.2) is 0 Å². The summed E-state index contributed by atoms with van der Waals surface area (Å²) >= 11 is 9.24. The second-order valence-electron chi connectivity index (χ2n) is 5.17. The molecule has 2 rings (SSSR count). The summed E-state index contributed by atoms with van der Waals surface area (Å²) in [5, 5.41) is 0. The molecule has 0 aliphatic carbocycles. The predicted octanol–water partition coefficient (Wildman–Crippen LogP) is 4.57. The SMILES string of the molecule is C=CCOc1c(Br)cc(C(=S)N2CCCCC2)cc1OCC. The van der Waals surface area contributed by atoms with Gasteiger partial charge >= 0.3 is 0 Å². The number of benzene rings is 1. The average Bonchev–Trinajstić information content (AvgIpc) is 2.54. The van der Waals surface area contributed by atoms with Crippen LogP contribution < -0.4 is 9.47 Å². The smallest absolute Gasteiger partial charge is 0.175 e. The first kappa shape index (κ1) is 17.3. The van der Waals surface area contributed by atoms with E-state index in [1.807, 2.05) is 19.1 Å². The van der Waals surface area contributed by atoms with E-state index in [0.29, 0.717) is 24.7 Å². The molecule has 0 unspecified atom stereocenters. The Morgan fingerprint density at radius 2 is 2.05 bits per heavy atom. The van der Waals surface area contributed by atoms with Crippen molar-refractivity contribution < 1.29 is 9.47 Å². The van der Waals surface area contributed by atoms with Gasteiger partial charge in [-0.2, -0.15) is 0 Å². The van der Waals surface area contributed by atoms with Crippen LogP contribution in [-0.4, -0.2) is 36.2 Å². The maximum absolute atomic E-state index is 5.73. The number of piperidine rings is 1. The van der Waals surface area contributed by atoms with Gasteiger partial charge in [-0.3, -0.25) is 0 Å². The summed E-state index contributed by atoms with van der Waals surface area (Å²) in [5.41, 5.74) is 0.998. The number of nitrogens with zero attached hydrogens (tertiary/aromatic N) is 1. The molecular weight excluding hydrogens is 362 g/mol. The highest BCUT2D eigenvalue weighted by molar-refractivity contribution is 9.10. The lowest BCUT2D eigenvalue weighted by Gasteiger charge is -2.29. The Bertz CT molecular complexity index is 542. The van der Waals surface area contributed by atoms with Crippen LogP contribution in [0.15, 0.2) is 29.3 Å². The third-order valence-electron chi connectivity index (χ3n) is 3.55. The average molecular weight is 384 g/mol. The fourth-order valence-corrected chi connectivity index (χ4v) is 3.37. The molecule has 0 spiro atoms. The zero-order valence-electron chi connectivity index (χ0n) is 12.9. The van der Waals surface area contributed by atoms with E-state index in [1.165, 1.54) is 19.3 Å². The summed E-state index contributed by atoms with van der Waals surface area (Å²) in [7, 11) is 0. The van der Waals surface area contributed by atoms with Gasteiger partial charge in [0.15, 0.2) is 11.5 Å². The quantitative estimate of drug-likeness (QED) is 0.529. The van der Waals surface area contributed by atoms with Crippen molar-refractivity contribution in [1.29, 1.82) is 0 Å². The van der Waals surface area contributed by atoms with Gasteiger partial charge in [0, 0.05) is 18.7 Å². The van der Waals surface area contributed by atoms with Crippen molar-refractivity contribution in [3.05, 3.63) is 34.8 Å². The van der Waals surface area contributed by atoms with Crippen molar-refractivity contribution >= 4 is 33.1 Å². The molecule has 5 heteroatoms. The molecule has 120 valence electrons. The molecule has 1 aliphatic heterocycles. The van der Waals surface area contributed by atoms with Crippen LogP contribution in [-0.2, 0) is 0 Å². The Morgan fingerprint density at radius 3 is 2.68 bits per heavy atom. The van der Waals surface area contributed by atoms with Crippen LogP contribution in [0.5, 0.6) is 11.5 Å². The molecule has 0 amide bonds. The molecule has 1 aromatic carbocycles. The number of rotatable bonds is 6. The molecule has 0 bridgehead atoms. The number of ether oxygens (including phenoxy) is 2. The van der Waals surface area contributed by atoms with E-state index < -0.39 is 0 Å². The Balaban J connectivity index is 2.27. The van der Waals surface area contributed by atoms with Crippen molar-refractivity contribution in [2.24, 2.45) is 0 Å². The highest BCUT2D eigenvalue weighted by Crippen LogP contribution is 2.37. The molecule has 0 atom stereocenters.